The molecule has 0 saturated heterocycles. The predicted molar refractivity (Wildman–Crippen MR) is 136 cm³/mol. The van der Waals surface area contributed by atoms with Crippen LogP contribution in [0.25, 0.3) is 11.4 Å². The van der Waals surface area contributed by atoms with Crippen molar-refractivity contribution < 1.29 is 14.1 Å². The summed E-state index contributed by atoms with van der Waals surface area (Å²) in [5.41, 5.74) is 3.88. The minimum atomic E-state index is -0.217. The number of carbonyl (C=O) groups excluding carboxylic acids is 2. The number of nitrogens with one attached hydrogen (secondary N) is 2. The summed E-state index contributed by atoms with van der Waals surface area (Å²) in [6.45, 7) is 3.99. The minimum Gasteiger partial charge on any atom is -0.339 e. The van der Waals surface area contributed by atoms with Crippen molar-refractivity contribution in [3.8, 4) is 11.4 Å². The van der Waals surface area contributed by atoms with E-state index in [4.69, 9.17) is 4.52 Å². The molecule has 2 N–H and O–H groups in total. The van der Waals surface area contributed by atoms with Crippen LogP contribution in [0.1, 0.15) is 29.9 Å². The number of nitrogens with zero attached hydrogens (tertiary/aromatic N) is 4. The molecule has 0 aliphatic rings. The summed E-state index contributed by atoms with van der Waals surface area (Å²) in [7, 11) is 0. The fourth-order valence-corrected chi connectivity index (χ4v) is 4.85. The van der Waals surface area contributed by atoms with Gasteiger partial charge in [0.2, 0.25) is 28.7 Å². The Kier molecular flexibility index (Phi) is 8.22. The molecule has 0 fully saturated rings. The van der Waals surface area contributed by atoms with Gasteiger partial charge in [-0.05, 0) is 31.5 Å². The van der Waals surface area contributed by atoms with E-state index >= 15 is 0 Å². The first-order valence-corrected chi connectivity index (χ1v) is 12.8. The van der Waals surface area contributed by atoms with Crippen molar-refractivity contribution in [1.29, 1.82) is 0 Å². The van der Waals surface area contributed by atoms with E-state index in [1.54, 1.807) is 0 Å². The van der Waals surface area contributed by atoms with Gasteiger partial charge in [-0.2, -0.15) is 4.98 Å². The topological polar surface area (TPSA) is 123 Å². The molecule has 2 aromatic heterocycles. The van der Waals surface area contributed by atoms with E-state index in [0.717, 1.165) is 22.4 Å². The number of anilines is 2. The zero-order valence-corrected chi connectivity index (χ0v) is 20.9. The first kappa shape index (κ1) is 24.6. The molecular formula is C24H24N6O3S2. The molecule has 11 heteroatoms. The summed E-state index contributed by atoms with van der Waals surface area (Å²) in [4.78, 5) is 28.8. The number of hydrogen-bond donors (Lipinski definition) is 2. The fraction of sp³-hybridized carbons (Fsp3) is 0.250. The zero-order chi connectivity index (χ0) is 24.6. The van der Waals surface area contributed by atoms with Crippen LogP contribution < -0.4 is 10.6 Å². The lowest BCUT2D eigenvalue weighted by Gasteiger charge is -2.05. The number of aromatic nitrogens is 4. The van der Waals surface area contributed by atoms with Gasteiger partial charge in [0.05, 0.1) is 0 Å². The summed E-state index contributed by atoms with van der Waals surface area (Å²) in [6, 6.07) is 15.5. The lowest BCUT2D eigenvalue weighted by molar-refractivity contribution is -0.116. The van der Waals surface area contributed by atoms with Gasteiger partial charge in [-0.1, -0.05) is 70.2 Å². The van der Waals surface area contributed by atoms with Crippen LogP contribution in [0.5, 0.6) is 0 Å². The Hall–Kier alpha value is -3.57. The second-order valence-corrected chi connectivity index (χ2v) is 10.1. The highest BCUT2D eigenvalue weighted by atomic mass is 32.2. The van der Waals surface area contributed by atoms with Crippen molar-refractivity contribution in [1.82, 2.24) is 20.3 Å². The van der Waals surface area contributed by atoms with Crippen LogP contribution in [-0.2, 0) is 16.0 Å². The molecule has 180 valence electrons. The summed E-state index contributed by atoms with van der Waals surface area (Å²) in [5, 5.41) is 18.1. The largest absolute Gasteiger partial charge is 0.339 e. The molecule has 9 nitrogen and oxygen atoms in total. The Balaban J connectivity index is 1.18. The van der Waals surface area contributed by atoms with Crippen LogP contribution in [0.2, 0.25) is 0 Å². The zero-order valence-electron chi connectivity index (χ0n) is 19.3. The van der Waals surface area contributed by atoms with Crippen LogP contribution in [0.4, 0.5) is 10.8 Å². The Morgan fingerprint density at radius 3 is 2.57 bits per heavy atom. The van der Waals surface area contributed by atoms with Crippen molar-refractivity contribution in [2.24, 2.45) is 0 Å². The molecule has 0 unspecified atom stereocenters. The second-order valence-electron chi connectivity index (χ2n) is 7.82. The standard InChI is InChI=1S/C24H24N6O3S2/c1-15-6-8-17(9-7-15)22-27-21(33-30-22)11-10-19(31)26-23-28-29-24(35-23)34-13-12-20(32)25-18-5-3-4-16(2)14-18/h3-9,14H,10-13H2,1-2H3,(H,25,32)(H,26,28,31). The van der Waals surface area contributed by atoms with Crippen LogP contribution in [-0.4, -0.2) is 37.9 Å². The van der Waals surface area contributed by atoms with E-state index in [0.29, 0.717) is 39.8 Å². The number of thioether (sulfide) groups is 1. The summed E-state index contributed by atoms with van der Waals surface area (Å²) in [6.07, 6.45) is 0.840. The van der Waals surface area contributed by atoms with Gasteiger partial charge in [-0.25, -0.2) is 0 Å². The Morgan fingerprint density at radius 2 is 1.77 bits per heavy atom. The van der Waals surface area contributed by atoms with E-state index in [1.165, 1.54) is 23.1 Å². The number of rotatable bonds is 10. The van der Waals surface area contributed by atoms with Gasteiger partial charge in [-0.3, -0.25) is 9.59 Å². The van der Waals surface area contributed by atoms with E-state index in [-0.39, 0.29) is 18.2 Å². The number of carbonyl (C=O) groups is 2. The molecule has 0 aliphatic carbocycles. The number of benzene rings is 2. The molecule has 0 radical (unpaired) electrons. The molecule has 4 aromatic rings. The van der Waals surface area contributed by atoms with Crippen LogP contribution in [0.3, 0.4) is 0 Å². The Morgan fingerprint density at radius 1 is 0.971 bits per heavy atom. The van der Waals surface area contributed by atoms with E-state index < -0.39 is 0 Å². The summed E-state index contributed by atoms with van der Waals surface area (Å²) >= 11 is 2.69. The Labute approximate surface area is 210 Å². The number of hydrogen-bond acceptors (Lipinski definition) is 9. The number of aryl methyl sites for hydroxylation is 3. The summed E-state index contributed by atoms with van der Waals surface area (Å²) < 4.78 is 5.94. The molecular weight excluding hydrogens is 484 g/mol. The first-order valence-electron chi connectivity index (χ1n) is 11.0. The third kappa shape index (κ3) is 7.46. The highest BCUT2D eigenvalue weighted by Crippen LogP contribution is 2.26. The maximum atomic E-state index is 12.3. The first-order chi connectivity index (χ1) is 16.9. The lowest BCUT2D eigenvalue weighted by Crippen LogP contribution is -2.12. The van der Waals surface area contributed by atoms with Crippen LogP contribution >= 0.6 is 23.1 Å². The van der Waals surface area contributed by atoms with E-state index in [9.17, 15) is 9.59 Å². The van der Waals surface area contributed by atoms with Gasteiger partial charge in [0.15, 0.2) is 4.34 Å². The van der Waals surface area contributed by atoms with Crippen molar-refractivity contribution >= 4 is 45.7 Å². The second kappa shape index (κ2) is 11.7. The maximum Gasteiger partial charge on any atom is 0.227 e. The van der Waals surface area contributed by atoms with Crippen LogP contribution in [0, 0.1) is 13.8 Å². The van der Waals surface area contributed by atoms with Gasteiger partial charge in [-0.15, -0.1) is 10.2 Å². The van der Waals surface area contributed by atoms with Gasteiger partial charge in [0, 0.05) is 36.3 Å². The van der Waals surface area contributed by atoms with Gasteiger partial charge >= 0.3 is 0 Å². The predicted octanol–water partition coefficient (Wildman–Crippen LogP) is 4.90. The van der Waals surface area contributed by atoms with Gasteiger partial charge in [0.25, 0.3) is 0 Å². The molecule has 4 rings (SSSR count). The quantitative estimate of drug-likeness (QED) is 0.229. The molecule has 2 heterocycles. The molecule has 35 heavy (non-hydrogen) atoms. The highest BCUT2D eigenvalue weighted by molar-refractivity contribution is 8.01. The minimum absolute atomic E-state index is 0.0623. The molecule has 2 amide bonds. The third-order valence-electron chi connectivity index (χ3n) is 4.85. The van der Waals surface area contributed by atoms with Crippen molar-refractivity contribution in [2.75, 3.05) is 16.4 Å². The lowest BCUT2D eigenvalue weighted by atomic mass is 10.1. The monoisotopic (exact) mass is 508 g/mol. The molecule has 2 aromatic carbocycles. The maximum absolute atomic E-state index is 12.3. The molecule has 0 spiro atoms. The summed E-state index contributed by atoms with van der Waals surface area (Å²) in [5.74, 6) is 1.17. The Bertz CT molecular complexity index is 1300. The van der Waals surface area contributed by atoms with Crippen molar-refractivity contribution in [3.63, 3.8) is 0 Å². The third-order valence-corrected chi connectivity index (χ3v) is 6.83. The SMILES string of the molecule is Cc1ccc(-c2noc(CCC(=O)Nc3nnc(SCCC(=O)Nc4cccc(C)c4)s3)n2)cc1. The van der Waals surface area contributed by atoms with Crippen molar-refractivity contribution in [3.05, 3.63) is 65.5 Å². The molecule has 0 saturated carbocycles. The van der Waals surface area contributed by atoms with E-state index in [2.05, 4.69) is 31.0 Å². The highest BCUT2D eigenvalue weighted by Gasteiger charge is 2.13. The average molecular weight is 509 g/mol. The van der Waals surface area contributed by atoms with Gasteiger partial charge < -0.3 is 15.2 Å². The number of amides is 2. The molecule has 0 aliphatic heterocycles. The van der Waals surface area contributed by atoms with E-state index in [1.807, 2.05) is 62.4 Å². The van der Waals surface area contributed by atoms with Crippen LogP contribution in [0.15, 0.2) is 57.4 Å². The van der Waals surface area contributed by atoms with Gasteiger partial charge in [0.1, 0.15) is 0 Å². The normalized spacial score (nSPS) is 10.8. The molecule has 0 bridgehead atoms. The fourth-order valence-electron chi connectivity index (χ4n) is 3.07. The molecule has 0 atom stereocenters. The smallest absolute Gasteiger partial charge is 0.227 e. The van der Waals surface area contributed by atoms with Crippen molar-refractivity contribution in [2.45, 2.75) is 37.4 Å². The average Bonchev–Trinajstić information content (AvgIpc) is 3.48.